The Bertz CT molecular complexity index is 874. The standard InChI is InChI=1S/C21H24N2O3.ClH/c1-14(7-8-15-5-3-2-4-6-15)22-13-20(25)16-9-10-18-17(11-16)19(24)12-21(26)23-18;/h2-6,9-12,14,20,22,25H,7-8,13H2,1H3,(H2,23,24,26);1H. The van der Waals surface area contributed by atoms with Gasteiger partial charge in [0.2, 0.25) is 5.88 Å². The van der Waals surface area contributed by atoms with Crippen molar-refractivity contribution in [1.29, 1.82) is 0 Å². The second-order valence-corrected chi connectivity index (χ2v) is 6.63. The van der Waals surface area contributed by atoms with E-state index in [9.17, 15) is 15.3 Å². The number of aliphatic hydroxyl groups is 1. The van der Waals surface area contributed by atoms with Crippen LogP contribution in [0.2, 0.25) is 0 Å². The highest BCUT2D eigenvalue weighted by molar-refractivity contribution is 5.86. The molecule has 0 aliphatic carbocycles. The Morgan fingerprint density at radius 3 is 2.52 bits per heavy atom. The van der Waals surface area contributed by atoms with Crippen LogP contribution in [0.5, 0.6) is 11.6 Å². The van der Waals surface area contributed by atoms with Gasteiger partial charge in [-0.3, -0.25) is 0 Å². The third-order valence-corrected chi connectivity index (χ3v) is 4.55. The number of nitrogens with one attached hydrogen (secondary N) is 1. The van der Waals surface area contributed by atoms with Crippen LogP contribution in [-0.4, -0.2) is 32.9 Å². The third-order valence-electron chi connectivity index (χ3n) is 4.55. The fourth-order valence-corrected chi connectivity index (χ4v) is 2.98. The van der Waals surface area contributed by atoms with Crippen LogP contribution in [0.4, 0.5) is 0 Å². The molecule has 0 aliphatic rings. The molecule has 27 heavy (non-hydrogen) atoms. The molecule has 4 N–H and O–H groups in total. The van der Waals surface area contributed by atoms with Gasteiger partial charge in [-0.15, -0.1) is 12.4 Å². The van der Waals surface area contributed by atoms with Gasteiger partial charge < -0.3 is 20.6 Å². The molecule has 3 aromatic rings. The van der Waals surface area contributed by atoms with E-state index in [1.807, 2.05) is 18.2 Å². The minimum atomic E-state index is -0.688. The summed E-state index contributed by atoms with van der Waals surface area (Å²) in [5, 5.41) is 33.7. The molecule has 1 aromatic heterocycles. The predicted octanol–water partition coefficient (Wildman–Crippen LogP) is 3.71. The highest BCUT2D eigenvalue weighted by Gasteiger charge is 2.12. The summed E-state index contributed by atoms with van der Waals surface area (Å²) in [6, 6.07) is 17.0. The van der Waals surface area contributed by atoms with Gasteiger partial charge in [-0.1, -0.05) is 36.4 Å². The average Bonchev–Trinajstić information content (AvgIpc) is 2.65. The monoisotopic (exact) mass is 388 g/mol. The highest BCUT2D eigenvalue weighted by Crippen LogP contribution is 2.29. The number of hydrogen-bond donors (Lipinski definition) is 4. The Balaban J connectivity index is 0.00000261. The van der Waals surface area contributed by atoms with Crippen molar-refractivity contribution in [3.63, 3.8) is 0 Å². The molecule has 0 radical (unpaired) electrons. The van der Waals surface area contributed by atoms with Crippen molar-refractivity contribution < 1.29 is 15.3 Å². The lowest BCUT2D eigenvalue weighted by Crippen LogP contribution is -2.30. The lowest BCUT2D eigenvalue weighted by Gasteiger charge is -2.18. The number of aliphatic hydroxyl groups excluding tert-OH is 1. The third kappa shape index (κ3) is 5.57. The molecule has 2 aromatic carbocycles. The van der Waals surface area contributed by atoms with Crippen molar-refractivity contribution in [2.45, 2.75) is 31.9 Å². The molecule has 144 valence electrons. The van der Waals surface area contributed by atoms with E-state index < -0.39 is 6.10 Å². The summed E-state index contributed by atoms with van der Waals surface area (Å²) in [7, 11) is 0. The number of halogens is 1. The maximum absolute atomic E-state index is 10.4. The Kier molecular flexibility index (Phi) is 7.42. The van der Waals surface area contributed by atoms with Gasteiger partial charge in [0.25, 0.3) is 0 Å². The van der Waals surface area contributed by atoms with E-state index in [0.717, 1.165) is 12.8 Å². The van der Waals surface area contributed by atoms with E-state index in [2.05, 4.69) is 29.4 Å². The van der Waals surface area contributed by atoms with Crippen molar-refractivity contribution in [2.24, 2.45) is 0 Å². The first-order valence-electron chi connectivity index (χ1n) is 8.81. The van der Waals surface area contributed by atoms with Gasteiger partial charge in [0.15, 0.2) is 0 Å². The Morgan fingerprint density at radius 2 is 1.78 bits per heavy atom. The summed E-state index contributed by atoms with van der Waals surface area (Å²) in [6.07, 6.45) is 1.29. The van der Waals surface area contributed by atoms with E-state index in [-0.39, 0.29) is 30.1 Å². The SMILES string of the molecule is CC(CCc1ccccc1)NCC(O)c1ccc2nc(O)cc(O)c2c1.Cl. The Hall–Kier alpha value is -2.34. The maximum Gasteiger partial charge on any atom is 0.215 e. The van der Waals surface area contributed by atoms with Gasteiger partial charge in [0.1, 0.15) is 5.75 Å². The Labute approximate surface area is 165 Å². The number of aromatic hydroxyl groups is 2. The van der Waals surface area contributed by atoms with Crippen LogP contribution in [0.15, 0.2) is 54.6 Å². The first-order valence-corrected chi connectivity index (χ1v) is 8.81. The molecule has 6 heteroatoms. The lowest BCUT2D eigenvalue weighted by atomic mass is 10.0. The summed E-state index contributed by atoms with van der Waals surface area (Å²) in [5.74, 6) is -0.275. The zero-order valence-corrected chi connectivity index (χ0v) is 16.0. The fraction of sp³-hybridized carbons (Fsp3) is 0.286. The van der Waals surface area contributed by atoms with Gasteiger partial charge in [0, 0.05) is 24.0 Å². The number of benzene rings is 2. The second kappa shape index (κ2) is 9.55. The fourth-order valence-electron chi connectivity index (χ4n) is 2.98. The number of fused-ring (bicyclic) bond motifs is 1. The quantitative estimate of drug-likeness (QED) is 0.495. The zero-order chi connectivity index (χ0) is 18.5. The largest absolute Gasteiger partial charge is 0.507 e. The number of rotatable bonds is 7. The molecule has 0 saturated carbocycles. The van der Waals surface area contributed by atoms with Crippen LogP contribution < -0.4 is 5.32 Å². The molecular formula is C21H25ClN2O3. The first kappa shape index (κ1) is 21.0. The number of nitrogens with zero attached hydrogens (tertiary/aromatic N) is 1. The Morgan fingerprint density at radius 1 is 1.04 bits per heavy atom. The molecule has 1 heterocycles. The molecule has 0 fully saturated rings. The topological polar surface area (TPSA) is 85.6 Å². The molecule has 5 nitrogen and oxygen atoms in total. The van der Waals surface area contributed by atoms with Crippen molar-refractivity contribution in [2.75, 3.05) is 6.54 Å². The molecule has 2 atom stereocenters. The van der Waals surface area contributed by atoms with Crippen LogP contribution in [0.3, 0.4) is 0 Å². The molecule has 0 amide bonds. The van der Waals surface area contributed by atoms with E-state index >= 15 is 0 Å². The van der Waals surface area contributed by atoms with Gasteiger partial charge in [-0.2, -0.15) is 0 Å². The summed E-state index contributed by atoms with van der Waals surface area (Å²) < 4.78 is 0. The number of aryl methyl sites for hydroxylation is 1. The number of aromatic nitrogens is 1. The van der Waals surface area contributed by atoms with Crippen molar-refractivity contribution in [1.82, 2.24) is 10.3 Å². The molecule has 0 aliphatic heterocycles. The minimum Gasteiger partial charge on any atom is -0.507 e. The predicted molar refractivity (Wildman–Crippen MR) is 110 cm³/mol. The van der Waals surface area contributed by atoms with Gasteiger partial charge in [-0.05, 0) is 43.0 Å². The van der Waals surface area contributed by atoms with Crippen LogP contribution in [0.1, 0.15) is 30.6 Å². The second-order valence-electron chi connectivity index (χ2n) is 6.63. The zero-order valence-electron chi connectivity index (χ0n) is 15.2. The number of hydrogen-bond acceptors (Lipinski definition) is 5. The molecule has 3 rings (SSSR count). The van der Waals surface area contributed by atoms with Crippen molar-refractivity contribution >= 4 is 23.3 Å². The highest BCUT2D eigenvalue weighted by atomic mass is 35.5. The maximum atomic E-state index is 10.4. The van der Waals surface area contributed by atoms with E-state index in [1.165, 1.54) is 11.6 Å². The van der Waals surface area contributed by atoms with Gasteiger partial charge in [-0.25, -0.2) is 4.98 Å². The summed E-state index contributed by atoms with van der Waals surface area (Å²) in [6.45, 7) is 2.53. The van der Waals surface area contributed by atoms with Crippen molar-refractivity contribution in [3.05, 3.63) is 65.7 Å². The molecular weight excluding hydrogens is 364 g/mol. The summed E-state index contributed by atoms with van der Waals surface area (Å²) >= 11 is 0. The molecule has 2 unspecified atom stereocenters. The van der Waals surface area contributed by atoms with E-state index in [0.29, 0.717) is 23.0 Å². The normalized spacial score (nSPS) is 13.1. The van der Waals surface area contributed by atoms with Crippen molar-refractivity contribution in [3.8, 4) is 11.6 Å². The van der Waals surface area contributed by atoms with E-state index in [4.69, 9.17) is 0 Å². The van der Waals surface area contributed by atoms with E-state index in [1.54, 1.807) is 18.2 Å². The minimum absolute atomic E-state index is 0. The van der Waals surface area contributed by atoms with Gasteiger partial charge in [0.05, 0.1) is 11.6 Å². The van der Waals surface area contributed by atoms with Crippen LogP contribution in [-0.2, 0) is 6.42 Å². The summed E-state index contributed by atoms with van der Waals surface area (Å²) in [4.78, 5) is 3.96. The lowest BCUT2D eigenvalue weighted by molar-refractivity contribution is 0.170. The van der Waals surface area contributed by atoms with Crippen LogP contribution >= 0.6 is 12.4 Å². The summed E-state index contributed by atoms with van der Waals surface area (Å²) in [5.41, 5.74) is 2.49. The number of pyridine rings is 1. The molecule has 0 spiro atoms. The average molecular weight is 389 g/mol. The van der Waals surface area contributed by atoms with Gasteiger partial charge >= 0.3 is 0 Å². The van der Waals surface area contributed by atoms with Crippen LogP contribution in [0.25, 0.3) is 10.9 Å². The molecule has 0 bridgehead atoms. The molecule has 0 saturated heterocycles. The smallest absolute Gasteiger partial charge is 0.215 e. The first-order chi connectivity index (χ1) is 12.5. The van der Waals surface area contributed by atoms with Crippen LogP contribution in [0, 0.1) is 0 Å².